The Morgan fingerprint density at radius 2 is 1.88 bits per heavy atom. The fourth-order valence-electron chi connectivity index (χ4n) is 4.61. The molecule has 0 aromatic carbocycles. The van der Waals surface area contributed by atoms with Crippen LogP contribution in [0.15, 0.2) is 24.4 Å². The molecule has 6 heteroatoms. The quantitative estimate of drug-likeness (QED) is 0.877. The largest absolute Gasteiger partial charge is 0.354 e. The normalized spacial score (nSPS) is 23.5. The topological polar surface area (TPSA) is 51.7 Å². The van der Waals surface area contributed by atoms with E-state index in [0.29, 0.717) is 17.7 Å². The molecule has 0 bridgehead atoms. The second kappa shape index (κ2) is 7.92. The van der Waals surface area contributed by atoms with Crippen LogP contribution in [0.3, 0.4) is 0 Å². The zero-order chi connectivity index (χ0) is 17.8. The van der Waals surface area contributed by atoms with E-state index >= 15 is 0 Å². The first kappa shape index (κ1) is 17.7. The Morgan fingerprint density at radius 3 is 2.54 bits per heavy atom. The van der Waals surface area contributed by atoms with E-state index in [-0.39, 0.29) is 0 Å². The average Bonchev–Trinajstić information content (AvgIpc) is 3.16. The van der Waals surface area contributed by atoms with Gasteiger partial charge in [0.1, 0.15) is 5.82 Å². The summed E-state index contributed by atoms with van der Waals surface area (Å²) < 4.78 is 0. The maximum Gasteiger partial charge on any atom is 0.223 e. The Hall–Kier alpha value is -1.66. The molecule has 3 fully saturated rings. The molecule has 3 saturated heterocycles. The first-order valence-corrected chi connectivity index (χ1v) is 10.1. The Bertz CT molecular complexity index is 583. The van der Waals surface area contributed by atoms with E-state index < -0.39 is 0 Å². The summed E-state index contributed by atoms with van der Waals surface area (Å²) in [4.78, 5) is 23.9. The summed E-state index contributed by atoms with van der Waals surface area (Å²) in [5.41, 5.74) is 0.485. The van der Waals surface area contributed by atoms with Gasteiger partial charge in [0.05, 0.1) is 0 Å². The van der Waals surface area contributed by atoms with Gasteiger partial charge in [-0.15, -0.1) is 0 Å². The summed E-state index contributed by atoms with van der Waals surface area (Å²) in [7, 11) is 0. The molecule has 0 saturated carbocycles. The van der Waals surface area contributed by atoms with Crippen LogP contribution in [0.1, 0.15) is 25.7 Å². The number of likely N-dealkylation sites (tertiary alicyclic amines) is 1. The van der Waals surface area contributed by atoms with Gasteiger partial charge in [0.2, 0.25) is 5.91 Å². The number of nitrogens with one attached hydrogen (secondary N) is 1. The van der Waals surface area contributed by atoms with Crippen molar-refractivity contribution in [1.82, 2.24) is 20.1 Å². The summed E-state index contributed by atoms with van der Waals surface area (Å²) in [5.74, 6) is 1.41. The number of hydrogen-bond acceptors (Lipinski definition) is 5. The summed E-state index contributed by atoms with van der Waals surface area (Å²) in [6, 6.07) is 6.07. The van der Waals surface area contributed by atoms with Crippen molar-refractivity contribution in [2.24, 2.45) is 5.41 Å². The van der Waals surface area contributed by atoms with E-state index in [9.17, 15) is 4.79 Å². The minimum atomic E-state index is 0.345. The van der Waals surface area contributed by atoms with Gasteiger partial charge < -0.3 is 15.1 Å². The van der Waals surface area contributed by atoms with E-state index in [4.69, 9.17) is 0 Å². The third-order valence-corrected chi connectivity index (χ3v) is 6.50. The number of carbonyl (C=O) groups is 1. The lowest BCUT2D eigenvalue weighted by atomic mass is 9.78. The van der Waals surface area contributed by atoms with E-state index in [1.807, 2.05) is 18.3 Å². The second-order valence-corrected chi connectivity index (χ2v) is 8.07. The third kappa shape index (κ3) is 4.01. The molecule has 26 heavy (non-hydrogen) atoms. The molecule has 0 radical (unpaired) electrons. The van der Waals surface area contributed by atoms with Crippen molar-refractivity contribution in [1.29, 1.82) is 0 Å². The molecular weight excluding hydrogens is 326 g/mol. The van der Waals surface area contributed by atoms with Crippen molar-refractivity contribution < 1.29 is 4.79 Å². The molecule has 4 heterocycles. The van der Waals surface area contributed by atoms with Gasteiger partial charge in [-0.2, -0.15) is 0 Å². The van der Waals surface area contributed by atoms with Gasteiger partial charge in [-0.05, 0) is 43.4 Å². The monoisotopic (exact) mass is 357 g/mol. The molecule has 6 nitrogen and oxygen atoms in total. The molecule has 1 amide bonds. The predicted molar refractivity (Wildman–Crippen MR) is 103 cm³/mol. The standard InChI is InChI=1S/C20H31N5O/c26-19(25-11-6-20(7-12-25)5-9-21-17-20)4-10-23-13-15-24(16-14-23)18-3-1-2-8-22-18/h1-3,8,21H,4-7,9-17H2. The molecule has 1 spiro atoms. The summed E-state index contributed by atoms with van der Waals surface area (Å²) in [5, 5.41) is 3.49. The minimum absolute atomic E-state index is 0.345. The minimum Gasteiger partial charge on any atom is -0.354 e. The van der Waals surface area contributed by atoms with E-state index in [0.717, 1.165) is 64.7 Å². The molecule has 1 N–H and O–H groups in total. The number of piperidine rings is 1. The molecule has 1 aromatic rings. The van der Waals surface area contributed by atoms with Crippen LogP contribution in [0.2, 0.25) is 0 Å². The fourth-order valence-corrected chi connectivity index (χ4v) is 4.61. The molecule has 1 aromatic heterocycles. The first-order valence-electron chi connectivity index (χ1n) is 10.1. The van der Waals surface area contributed by atoms with Gasteiger partial charge in [-0.1, -0.05) is 6.07 Å². The fraction of sp³-hybridized carbons (Fsp3) is 0.700. The first-order chi connectivity index (χ1) is 12.7. The van der Waals surface area contributed by atoms with Gasteiger partial charge in [-0.25, -0.2) is 4.98 Å². The number of pyridine rings is 1. The predicted octanol–water partition coefficient (Wildman–Crippen LogP) is 1.20. The summed E-state index contributed by atoms with van der Waals surface area (Å²) in [6.45, 7) is 9.10. The smallest absolute Gasteiger partial charge is 0.223 e. The van der Waals surface area contributed by atoms with Gasteiger partial charge in [0.25, 0.3) is 0 Å². The number of carbonyl (C=O) groups excluding carboxylic acids is 1. The highest BCUT2D eigenvalue weighted by atomic mass is 16.2. The van der Waals surface area contributed by atoms with Crippen molar-refractivity contribution >= 4 is 11.7 Å². The molecule has 4 rings (SSSR count). The van der Waals surface area contributed by atoms with Crippen LogP contribution in [-0.4, -0.2) is 79.6 Å². The summed E-state index contributed by atoms with van der Waals surface area (Å²) >= 11 is 0. The van der Waals surface area contributed by atoms with Gasteiger partial charge in [0.15, 0.2) is 0 Å². The van der Waals surface area contributed by atoms with Crippen molar-refractivity contribution in [3.63, 3.8) is 0 Å². The molecular formula is C20H31N5O. The van der Waals surface area contributed by atoms with Crippen LogP contribution < -0.4 is 10.2 Å². The third-order valence-electron chi connectivity index (χ3n) is 6.50. The van der Waals surface area contributed by atoms with Crippen molar-refractivity contribution in [2.45, 2.75) is 25.7 Å². The lowest BCUT2D eigenvalue weighted by molar-refractivity contribution is -0.133. The summed E-state index contributed by atoms with van der Waals surface area (Å²) in [6.07, 6.45) is 6.15. The number of anilines is 1. The Labute approximate surface area is 156 Å². The van der Waals surface area contributed by atoms with E-state index in [1.165, 1.54) is 19.3 Å². The van der Waals surface area contributed by atoms with Crippen LogP contribution in [0.4, 0.5) is 5.82 Å². The molecule has 142 valence electrons. The SMILES string of the molecule is O=C(CCN1CCN(c2ccccn2)CC1)N1CCC2(CCNC2)CC1. The van der Waals surface area contributed by atoms with Crippen LogP contribution in [0.25, 0.3) is 0 Å². The Morgan fingerprint density at radius 1 is 1.08 bits per heavy atom. The number of nitrogens with zero attached hydrogens (tertiary/aromatic N) is 4. The van der Waals surface area contributed by atoms with Crippen LogP contribution in [-0.2, 0) is 4.79 Å². The molecule has 3 aliphatic rings. The Balaban J connectivity index is 1.17. The average molecular weight is 358 g/mol. The van der Waals surface area contributed by atoms with E-state index in [2.05, 4.69) is 31.1 Å². The van der Waals surface area contributed by atoms with Crippen molar-refractivity contribution in [3.8, 4) is 0 Å². The zero-order valence-corrected chi connectivity index (χ0v) is 15.7. The van der Waals surface area contributed by atoms with Gasteiger partial charge in [-0.3, -0.25) is 9.69 Å². The van der Waals surface area contributed by atoms with Gasteiger partial charge >= 0.3 is 0 Å². The molecule has 0 aliphatic carbocycles. The number of aromatic nitrogens is 1. The van der Waals surface area contributed by atoms with Crippen LogP contribution in [0.5, 0.6) is 0 Å². The second-order valence-electron chi connectivity index (χ2n) is 8.07. The molecule has 0 atom stereocenters. The maximum atomic E-state index is 12.6. The Kier molecular flexibility index (Phi) is 5.41. The zero-order valence-electron chi connectivity index (χ0n) is 15.7. The van der Waals surface area contributed by atoms with E-state index in [1.54, 1.807) is 0 Å². The number of rotatable bonds is 4. The lowest BCUT2D eigenvalue weighted by Gasteiger charge is -2.39. The number of amides is 1. The van der Waals surface area contributed by atoms with Crippen LogP contribution >= 0.6 is 0 Å². The van der Waals surface area contributed by atoms with Gasteiger partial charge in [0, 0.05) is 65.0 Å². The highest BCUT2D eigenvalue weighted by Crippen LogP contribution is 2.36. The number of hydrogen-bond donors (Lipinski definition) is 1. The molecule has 3 aliphatic heterocycles. The molecule has 0 unspecified atom stereocenters. The van der Waals surface area contributed by atoms with Crippen molar-refractivity contribution in [3.05, 3.63) is 24.4 Å². The number of piperazine rings is 1. The highest BCUT2D eigenvalue weighted by Gasteiger charge is 2.37. The maximum absolute atomic E-state index is 12.6. The van der Waals surface area contributed by atoms with Crippen LogP contribution in [0, 0.1) is 5.41 Å². The highest BCUT2D eigenvalue weighted by molar-refractivity contribution is 5.76. The lowest BCUT2D eigenvalue weighted by Crippen LogP contribution is -2.48. The van der Waals surface area contributed by atoms with Crippen molar-refractivity contribution in [2.75, 3.05) is 63.8 Å².